The molecule has 5 rings (SSSR count). The third kappa shape index (κ3) is 5.47. The number of carbonyl (C=O) groups excluding carboxylic acids is 3. The largest absolute Gasteiger partial charge is 0.495 e. The van der Waals surface area contributed by atoms with Crippen LogP contribution in [0.15, 0.2) is 80.8 Å². The van der Waals surface area contributed by atoms with E-state index in [-0.39, 0.29) is 29.0 Å². The van der Waals surface area contributed by atoms with Crippen LogP contribution < -0.4 is 15.4 Å². The van der Waals surface area contributed by atoms with Gasteiger partial charge >= 0.3 is 0 Å². The molecule has 0 atom stereocenters. The molecule has 1 aliphatic carbocycles. The molecule has 0 bridgehead atoms. The number of ether oxygens (including phenoxy) is 1. The van der Waals surface area contributed by atoms with Crippen molar-refractivity contribution in [2.45, 2.75) is 44.0 Å². The molecule has 1 aliphatic heterocycles. The van der Waals surface area contributed by atoms with E-state index >= 15 is 0 Å². The molecular weight excluding hydrogens is 502 g/mol. The lowest BCUT2D eigenvalue weighted by molar-refractivity contribution is -0.138. The molecule has 0 saturated heterocycles. The van der Waals surface area contributed by atoms with E-state index in [1.807, 2.05) is 49.4 Å². The van der Waals surface area contributed by atoms with Gasteiger partial charge in [0.25, 0.3) is 11.8 Å². The summed E-state index contributed by atoms with van der Waals surface area (Å²) in [6.07, 6.45) is 5.56. The smallest absolute Gasteiger partial charge is 0.278 e. The minimum absolute atomic E-state index is 0.0248. The van der Waals surface area contributed by atoms with Gasteiger partial charge in [0.05, 0.1) is 25.6 Å². The van der Waals surface area contributed by atoms with Gasteiger partial charge in [0.1, 0.15) is 22.1 Å². The number of rotatable bonds is 9. The summed E-state index contributed by atoms with van der Waals surface area (Å²) in [6, 6.07) is 16.3. The topological polar surface area (TPSA) is 101 Å². The Kier molecular flexibility index (Phi) is 7.55. The van der Waals surface area contributed by atoms with Gasteiger partial charge in [-0.3, -0.25) is 19.3 Å². The predicted octanol–water partition coefficient (Wildman–Crippen LogP) is 5.71. The van der Waals surface area contributed by atoms with E-state index < -0.39 is 11.8 Å². The fraction of sp³-hybridized carbons (Fsp3) is 0.276. The number of nitrogens with zero attached hydrogens (tertiary/aromatic N) is 1. The number of carbonyl (C=O) groups is 3. The molecule has 2 N–H and O–H groups in total. The van der Waals surface area contributed by atoms with Gasteiger partial charge in [-0.1, -0.05) is 30.7 Å². The van der Waals surface area contributed by atoms with Crippen LogP contribution in [0, 0.1) is 12.8 Å². The van der Waals surface area contributed by atoms with Crippen molar-refractivity contribution in [1.82, 2.24) is 4.90 Å². The quantitative estimate of drug-likeness (QED) is 0.341. The number of benzene rings is 2. The summed E-state index contributed by atoms with van der Waals surface area (Å²) >= 11 is 1.20. The highest BCUT2D eigenvalue weighted by atomic mass is 32.2. The monoisotopic (exact) mass is 531 g/mol. The molecule has 9 heteroatoms. The minimum Gasteiger partial charge on any atom is -0.495 e. The highest BCUT2D eigenvalue weighted by molar-refractivity contribution is 8.04. The zero-order valence-electron chi connectivity index (χ0n) is 21.3. The van der Waals surface area contributed by atoms with E-state index in [0.717, 1.165) is 36.1 Å². The van der Waals surface area contributed by atoms with Crippen molar-refractivity contribution in [3.05, 3.63) is 82.8 Å². The van der Waals surface area contributed by atoms with E-state index in [2.05, 4.69) is 10.6 Å². The summed E-state index contributed by atoms with van der Waals surface area (Å²) in [6.45, 7) is 1.96. The van der Waals surface area contributed by atoms with Crippen molar-refractivity contribution in [2.75, 3.05) is 17.7 Å². The van der Waals surface area contributed by atoms with E-state index in [4.69, 9.17) is 9.15 Å². The zero-order chi connectivity index (χ0) is 26.6. The first-order chi connectivity index (χ1) is 18.4. The average molecular weight is 532 g/mol. The molecule has 3 amide bonds. The van der Waals surface area contributed by atoms with Gasteiger partial charge in [0, 0.05) is 16.5 Å². The maximum atomic E-state index is 13.5. The van der Waals surface area contributed by atoms with Crippen LogP contribution in [0.3, 0.4) is 0 Å². The van der Waals surface area contributed by atoms with Gasteiger partial charge in [0.2, 0.25) is 5.91 Å². The maximum absolute atomic E-state index is 13.5. The Hall–Kier alpha value is -3.98. The van der Waals surface area contributed by atoms with Gasteiger partial charge < -0.3 is 19.8 Å². The highest BCUT2D eigenvalue weighted by Crippen LogP contribution is 2.38. The Morgan fingerprint density at radius 2 is 1.84 bits per heavy atom. The first kappa shape index (κ1) is 25.7. The first-order valence-corrected chi connectivity index (χ1v) is 13.4. The molecule has 1 saturated carbocycles. The van der Waals surface area contributed by atoms with Gasteiger partial charge in [-0.15, -0.1) is 0 Å². The van der Waals surface area contributed by atoms with Crippen LogP contribution in [-0.4, -0.2) is 29.7 Å². The molecule has 2 heterocycles. The fourth-order valence-electron chi connectivity index (χ4n) is 4.67. The van der Waals surface area contributed by atoms with E-state index in [1.54, 1.807) is 19.2 Å². The van der Waals surface area contributed by atoms with Crippen LogP contribution in [0.1, 0.15) is 37.0 Å². The summed E-state index contributed by atoms with van der Waals surface area (Å²) in [5, 5.41) is 6.15. The number of aryl methyl sites for hydroxylation is 1. The molecule has 1 fully saturated rings. The number of thioether (sulfide) groups is 1. The fourth-order valence-corrected chi connectivity index (χ4v) is 5.62. The SMILES string of the molecule is COc1ccc(C)cc1NC1=C(Sc2ccc(NC(=O)C3CCCC3)cc2)C(=O)N(Cc2ccco2)C1=O. The third-order valence-corrected chi connectivity index (χ3v) is 7.79. The zero-order valence-corrected chi connectivity index (χ0v) is 22.1. The van der Waals surface area contributed by atoms with Crippen LogP contribution in [0.25, 0.3) is 0 Å². The molecule has 0 spiro atoms. The van der Waals surface area contributed by atoms with Crippen LogP contribution in [0.5, 0.6) is 5.75 Å². The lowest BCUT2D eigenvalue weighted by atomic mass is 10.1. The van der Waals surface area contributed by atoms with Crippen molar-refractivity contribution in [2.24, 2.45) is 5.92 Å². The Labute approximate surface area is 225 Å². The maximum Gasteiger partial charge on any atom is 0.278 e. The van der Waals surface area contributed by atoms with Crippen molar-refractivity contribution in [3.63, 3.8) is 0 Å². The molecule has 2 aliphatic rings. The van der Waals surface area contributed by atoms with Gasteiger partial charge in [-0.2, -0.15) is 0 Å². The molecule has 3 aromatic rings. The first-order valence-electron chi connectivity index (χ1n) is 12.6. The predicted molar refractivity (Wildman–Crippen MR) is 146 cm³/mol. The van der Waals surface area contributed by atoms with E-state index in [0.29, 0.717) is 22.9 Å². The van der Waals surface area contributed by atoms with Crippen molar-refractivity contribution >= 4 is 40.9 Å². The number of hydrogen-bond donors (Lipinski definition) is 2. The number of furan rings is 1. The summed E-state index contributed by atoms with van der Waals surface area (Å²) in [7, 11) is 1.55. The minimum atomic E-state index is -0.446. The summed E-state index contributed by atoms with van der Waals surface area (Å²) in [5.41, 5.74) is 2.44. The average Bonchev–Trinajstić information content (AvgIpc) is 3.67. The van der Waals surface area contributed by atoms with Crippen LogP contribution in [-0.2, 0) is 20.9 Å². The second-order valence-electron chi connectivity index (χ2n) is 9.41. The Morgan fingerprint density at radius 1 is 1.08 bits per heavy atom. The number of nitrogens with one attached hydrogen (secondary N) is 2. The normalized spacial score (nSPS) is 15.9. The van der Waals surface area contributed by atoms with E-state index in [1.165, 1.54) is 22.9 Å². The molecule has 38 heavy (non-hydrogen) atoms. The van der Waals surface area contributed by atoms with Crippen LogP contribution in [0.2, 0.25) is 0 Å². The summed E-state index contributed by atoms with van der Waals surface area (Å²) in [4.78, 5) is 41.6. The van der Waals surface area contributed by atoms with Crippen LogP contribution in [0.4, 0.5) is 11.4 Å². The van der Waals surface area contributed by atoms with Gasteiger partial charge in [0.15, 0.2) is 0 Å². The van der Waals surface area contributed by atoms with E-state index in [9.17, 15) is 14.4 Å². The number of anilines is 2. The standard InChI is InChI=1S/C29H29N3O5S/c1-18-9-14-24(36-2)23(16-18)31-25-26(29(35)32(28(25)34)17-21-8-5-15-37-21)38-22-12-10-20(11-13-22)30-27(33)19-6-3-4-7-19/h5,8-16,19,31H,3-4,6-7,17H2,1-2H3,(H,30,33). The lowest BCUT2D eigenvalue weighted by Crippen LogP contribution is -2.31. The Morgan fingerprint density at radius 3 is 2.53 bits per heavy atom. The molecule has 0 radical (unpaired) electrons. The summed E-state index contributed by atoms with van der Waals surface area (Å²) < 4.78 is 10.9. The molecule has 196 valence electrons. The van der Waals surface area contributed by atoms with Crippen LogP contribution >= 0.6 is 11.8 Å². The number of methoxy groups -OCH3 is 1. The Bertz CT molecular complexity index is 1380. The van der Waals surface area contributed by atoms with Gasteiger partial charge in [-0.25, -0.2) is 0 Å². The third-order valence-electron chi connectivity index (χ3n) is 6.70. The molecule has 1 aromatic heterocycles. The Balaban J connectivity index is 1.40. The number of imide groups is 1. The van der Waals surface area contributed by atoms with Crippen molar-refractivity contribution in [3.8, 4) is 5.75 Å². The summed E-state index contributed by atoms with van der Waals surface area (Å²) in [5.74, 6) is 0.326. The highest BCUT2D eigenvalue weighted by Gasteiger charge is 2.40. The lowest BCUT2D eigenvalue weighted by Gasteiger charge is -2.15. The molecular formula is C29H29N3O5S. The second-order valence-corrected chi connectivity index (χ2v) is 10.5. The molecule has 0 unspecified atom stereocenters. The van der Waals surface area contributed by atoms with Crippen molar-refractivity contribution < 1.29 is 23.5 Å². The number of hydrogen-bond acceptors (Lipinski definition) is 7. The molecule has 2 aromatic carbocycles. The van der Waals surface area contributed by atoms with Gasteiger partial charge in [-0.05, 0) is 73.9 Å². The molecule has 8 nitrogen and oxygen atoms in total. The number of amides is 3. The second kappa shape index (κ2) is 11.2. The van der Waals surface area contributed by atoms with Crippen molar-refractivity contribution in [1.29, 1.82) is 0 Å².